The van der Waals surface area contributed by atoms with Crippen LogP contribution in [-0.4, -0.2) is 61.9 Å². The maximum Gasteiger partial charge on any atom is 0.324 e. The Hall–Kier alpha value is -0.650. The van der Waals surface area contributed by atoms with Crippen molar-refractivity contribution in [3.05, 3.63) is 0 Å². The number of hydrogen-bond donors (Lipinski definition) is 1. The Bertz CT molecular complexity index is 294. The molecule has 2 rings (SSSR count). The van der Waals surface area contributed by atoms with Gasteiger partial charge in [0.05, 0.1) is 12.7 Å². The van der Waals surface area contributed by atoms with Crippen molar-refractivity contribution in [3.8, 4) is 0 Å². The molecule has 2 fully saturated rings. The van der Waals surface area contributed by atoms with Crippen molar-refractivity contribution in [1.29, 1.82) is 0 Å². The molecule has 1 heterocycles. The first-order valence-electron chi connectivity index (χ1n) is 7.45. The molecule has 1 N–H and O–H groups in total. The van der Waals surface area contributed by atoms with Crippen LogP contribution in [0.5, 0.6) is 0 Å². The summed E-state index contributed by atoms with van der Waals surface area (Å²) in [6.45, 7) is 7.82. The van der Waals surface area contributed by atoms with Crippen molar-refractivity contribution in [2.24, 2.45) is 0 Å². The topological polar surface area (TPSA) is 50.8 Å². The van der Waals surface area contributed by atoms with E-state index in [9.17, 15) is 4.79 Å². The minimum absolute atomic E-state index is 0.118. The fraction of sp³-hybridized carbons (Fsp3) is 0.929. The number of carbonyl (C=O) groups excluding carboxylic acids is 1. The number of hydrogen-bond acceptors (Lipinski definition) is 5. The normalized spacial score (nSPS) is 26.7. The van der Waals surface area contributed by atoms with E-state index >= 15 is 0 Å². The molecule has 1 aliphatic carbocycles. The summed E-state index contributed by atoms with van der Waals surface area (Å²) in [7, 11) is 0. The van der Waals surface area contributed by atoms with Gasteiger partial charge in [0.2, 0.25) is 0 Å². The Morgan fingerprint density at radius 1 is 1.53 bits per heavy atom. The van der Waals surface area contributed by atoms with Crippen LogP contribution in [0.25, 0.3) is 0 Å². The predicted octanol–water partition coefficient (Wildman–Crippen LogP) is 0.781. The lowest BCUT2D eigenvalue weighted by Gasteiger charge is -2.26. The Morgan fingerprint density at radius 3 is 3.00 bits per heavy atom. The predicted molar refractivity (Wildman–Crippen MR) is 73.0 cm³/mol. The van der Waals surface area contributed by atoms with Crippen LogP contribution < -0.4 is 5.32 Å². The van der Waals surface area contributed by atoms with E-state index < -0.39 is 0 Å². The summed E-state index contributed by atoms with van der Waals surface area (Å²) in [5.41, 5.74) is 0. The van der Waals surface area contributed by atoms with Gasteiger partial charge < -0.3 is 14.8 Å². The first-order valence-corrected chi connectivity index (χ1v) is 7.45. The van der Waals surface area contributed by atoms with Crippen LogP contribution in [-0.2, 0) is 14.3 Å². The van der Waals surface area contributed by atoms with Gasteiger partial charge in [0, 0.05) is 32.3 Å². The second-order valence-electron chi connectivity index (χ2n) is 5.54. The summed E-state index contributed by atoms with van der Waals surface area (Å²) in [5.74, 6) is -0.118. The molecule has 2 aliphatic rings. The minimum atomic E-state index is -0.197. The number of rotatable bonds is 6. The molecule has 0 radical (unpaired) electrons. The Morgan fingerprint density at radius 2 is 2.32 bits per heavy atom. The van der Waals surface area contributed by atoms with Crippen LogP contribution in [0.4, 0.5) is 0 Å². The second kappa shape index (κ2) is 7.22. The van der Waals surface area contributed by atoms with Gasteiger partial charge in [-0.3, -0.25) is 9.69 Å². The minimum Gasteiger partial charge on any atom is -0.465 e. The SMILES string of the molecule is CCOC(=O)C(CN1CCCOC(C)C1)NC1CC1. The Balaban J connectivity index is 1.87. The van der Waals surface area contributed by atoms with Gasteiger partial charge >= 0.3 is 5.97 Å². The summed E-state index contributed by atoms with van der Waals surface area (Å²) in [6.07, 6.45) is 3.63. The van der Waals surface area contributed by atoms with Crippen molar-refractivity contribution in [1.82, 2.24) is 10.2 Å². The van der Waals surface area contributed by atoms with Gasteiger partial charge in [-0.1, -0.05) is 0 Å². The molecular weight excluding hydrogens is 244 g/mol. The van der Waals surface area contributed by atoms with Gasteiger partial charge in [-0.05, 0) is 33.1 Å². The molecule has 0 spiro atoms. The van der Waals surface area contributed by atoms with E-state index in [4.69, 9.17) is 9.47 Å². The molecule has 0 bridgehead atoms. The molecule has 0 aromatic heterocycles. The summed E-state index contributed by atoms with van der Waals surface area (Å²) >= 11 is 0. The van der Waals surface area contributed by atoms with E-state index in [0.29, 0.717) is 12.6 Å². The fourth-order valence-electron chi connectivity index (χ4n) is 2.48. The second-order valence-corrected chi connectivity index (χ2v) is 5.54. The van der Waals surface area contributed by atoms with Crippen LogP contribution >= 0.6 is 0 Å². The number of nitrogens with zero attached hydrogens (tertiary/aromatic N) is 1. The number of carbonyl (C=O) groups is 1. The first kappa shape index (κ1) is 14.8. The van der Waals surface area contributed by atoms with Crippen LogP contribution in [0.3, 0.4) is 0 Å². The zero-order valence-corrected chi connectivity index (χ0v) is 12.1. The average molecular weight is 270 g/mol. The highest BCUT2D eigenvalue weighted by Crippen LogP contribution is 2.20. The van der Waals surface area contributed by atoms with Gasteiger partial charge in [0.1, 0.15) is 6.04 Å². The summed E-state index contributed by atoms with van der Waals surface area (Å²) in [4.78, 5) is 14.3. The first-order chi connectivity index (χ1) is 9.19. The third kappa shape index (κ3) is 5.09. The van der Waals surface area contributed by atoms with Crippen LogP contribution in [0.15, 0.2) is 0 Å². The standard InChI is InChI=1S/C14H26N2O3/c1-3-18-14(17)13(15-12-5-6-12)10-16-7-4-8-19-11(2)9-16/h11-13,15H,3-10H2,1-2H3. The third-order valence-electron chi connectivity index (χ3n) is 3.56. The van der Waals surface area contributed by atoms with E-state index in [0.717, 1.165) is 32.7 Å². The van der Waals surface area contributed by atoms with Gasteiger partial charge in [0.25, 0.3) is 0 Å². The van der Waals surface area contributed by atoms with Gasteiger partial charge in [-0.2, -0.15) is 0 Å². The maximum absolute atomic E-state index is 12.0. The molecule has 0 amide bonds. The van der Waals surface area contributed by atoms with Crippen LogP contribution in [0.1, 0.15) is 33.1 Å². The van der Waals surface area contributed by atoms with Crippen LogP contribution in [0, 0.1) is 0 Å². The Kier molecular flexibility index (Phi) is 5.60. The van der Waals surface area contributed by atoms with Crippen molar-refractivity contribution >= 4 is 5.97 Å². The molecule has 2 unspecified atom stereocenters. The number of ether oxygens (including phenoxy) is 2. The molecule has 1 aliphatic heterocycles. The highest BCUT2D eigenvalue weighted by molar-refractivity contribution is 5.76. The summed E-state index contributed by atoms with van der Waals surface area (Å²) in [6, 6.07) is 0.313. The van der Waals surface area contributed by atoms with Gasteiger partial charge in [0.15, 0.2) is 0 Å². The largest absolute Gasteiger partial charge is 0.465 e. The monoisotopic (exact) mass is 270 g/mol. The average Bonchev–Trinajstić information content (AvgIpc) is 3.18. The van der Waals surface area contributed by atoms with Crippen molar-refractivity contribution in [2.75, 3.05) is 32.8 Å². The lowest BCUT2D eigenvalue weighted by atomic mass is 10.2. The third-order valence-corrected chi connectivity index (χ3v) is 3.56. The molecule has 1 saturated heterocycles. The molecule has 0 aromatic rings. The van der Waals surface area contributed by atoms with Crippen molar-refractivity contribution in [2.45, 2.75) is 51.3 Å². The van der Waals surface area contributed by atoms with Crippen LogP contribution in [0.2, 0.25) is 0 Å². The van der Waals surface area contributed by atoms with E-state index in [2.05, 4.69) is 17.1 Å². The highest BCUT2D eigenvalue weighted by Gasteiger charge is 2.31. The van der Waals surface area contributed by atoms with E-state index in [1.54, 1.807) is 0 Å². The summed E-state index contributed by atoms with van der Waals surface area (Å²) in [5, 5.41) is 3.40. The molecule has 2 atom stereocenters. The molecule has 5 heteroatoms. The summed E-state index contributed by atoms with van der Waals surface area (Å²) < 4.78 is 10.8. The zero-order valence-electron chi connectivity index (χ0n) is 12.1. The maximum atomic E-state index is 12.0. The van der Waals surface area contributed by atoms with E-state index in [1.807, 2.05) is 6.92 Å². The smallest absolute Gasteiger partial charge is 0.324 e. The molecular formula is C14H26N2O3. The van der Waals surface area contributed by atoms with E-state index in [-0.39, 0.29) is 18.1 Å². The number of esters is 1. The van der Waals surface area contributed by atoms with E-state index in [1.165, 1.54) is 12.8 Å². The van der Waals surface area contributed by atoms with Crippen molar-refractivity contribution in [3.63, 3.8) is 0 Å². The molecule has 1 saturated carbocycles. The lowest BCUT2D eigenvalue weighted by molar-refractivity contribution is -0.146. The molecule has 110 valence electrons. The molecule has 5 nitrogen and oxygen atoms in total. The zero-order chi connectivity index (χ0) is 13.7. The number of nitrogens with one attached hydrogen (secondary N) is 1. The van der Waals surface area contributed by atoms with Crippen molar-refractivity contribution < 1.29 is 14.3 Å². The Labute approximate surface area is 115 Å². The van der Waals surface area contributed by atoms with Gasteiger partial charge in [-0.15, -0.1) is 0 Å². The highest BCUT2D eigenvalue weighted by atomic mass is 16.5. The van der Waals surface area contributed by atoms with Gasteiger partial charge in [-0.25, -0.2) is 0 Å². The molecule has 19 heavy (non-hydrogen) atoms. The molecule has 0 aromatic carbocycles. The lowest BCUT2D eigenvalue weighted by Crippen LogP contribution is -2.49. The fourth-order valence-corrected chi connectivity index (χ4v) is 2.48. The quantitative estimate of drug-likeness (QED) is 0.723.